The van der Waals surface area contributed by atoms with Gasteiger partial charge in [-0.3, -0.25) is 4.90 Å². The van der Waals surface area contributed by atoms with Crippen molar-refractivity contribution >= 4 is 15.9 Å². The van der Waals surface area contributed by atoms with Gasteiger partial charge in [-0.25, -0.2) is 0 Å². The van der Waals surface area contributed by atoms with Crippen LogP contribution in [0.2, 0.25) is 0 Å². The van der Waals surface area contributed by atoms with Crippen molar-refractivity contribution in [2.75, 3.05) is 19.6 Å². The molecule has 1 fully saturated rings. The van der Waals surface area contributed by atoms with Gasteiger partial charge in [-0.15, -0.1) is 0 Å². The van der Waals surface area contributed by atoms with Crippen LogP contribution in [0.4, 0.5) is 0 Å². The predicted molar refractivity (Wildman–Crippen MR) is 85.3 cm³/mol. The second-order valence-corrected chi connectivity index (χ2v) is 6.63. The molecule has 1 aromatic rings. The van der Waals surface area contributed by atoms with Crippen molar-refractivity contribution in [3.05, 3.63) is 34.3 Å². The third-order valence-corrected chi connectivity index (χ3v) is 4.78. The Morgan fingerprint density at radius 3 is 2.53 bits per heavy atom. The summed E-state index contributed by atoms with van der Waals surface area (Å²) in [4.78, 5) is 2.65. The zero-order valence-corrected chi connectivity index (χ0v) is 13.6. The number of nitrogens with one attached hydrogen (secondary N) is 1. The summed E-state index contributed by atoms with van der Waals surface area (Å²) in [5, 5.41) is 3.63. The van der Waals surface area contributed by atoms with Crippen LogP contribution >= 0.6 is 15.9 Å². The first kappa shape index (κ1) is 15.0. The maximum Gasteiger partial charge on any atom is 0.0243 e. The van der Waals surface area contributed by atoms with E-state index in [0.717, 1.165) is 13.1 Å². The number of rotatable bonds is 6. The smallest absolute Gasteiger partial charge is 0.0243 e. The van der Waals surface area contributed by atoms with Gasteiger partial charge in [0.1, 0.15) is 0 Å². The van der Waals surface area contributed by atoms with Gasteiger partial charge in [0.25, 0.3) is 0 Å². The van der Waals surface area contributed by atoms with Crippen molar-refractivity contribution in [2.45, 2.75) is 39.3 Å². The molecule has 1 saturated heterocycles. The molecule has 1 unspecified atom stereocenters. The molecule has 0 saturated carbocycles. The van der Waals surface area contributed by atoms with Gasteiger partial charge in [0, 0.05) is 23.6 Å². The maximum atomic E-state index is 3.63. The van der Waals surface area contributed by atoms with Gasteiger partial charge in [-0.05, 0) is 43.5 Å². The minimum absolute atomic E-state index is 0.671. The van der Waals surface area contributed by atoms with Crippen molar-refractivity contribution in [3.8, 4) is 0 Å². The third kappa shape index (κ3) is 4.30. The van der Waals surface area contributed by atoms with Gasteiger partial charge in [-0.1, -0.05) is 48.0 Å². The largest absolute Gasteiger partial charge is 0.311 e. The summed E-state index contributed by atoms with van der Waals surface area (Å²) in [5.41, 5.74) is 1.34. The van der Waals surface area contributed by atoms with E-state index in [1.165, 1.54) is 36.0 Å². The first-order chi connectivity index (χ1) is 9.18. The fraction of sp³-hybridized carbons (Fsp3) is 0.625. The zero-order valence-electron chi connectivity index (χ0n) is 12.0. The van der Waals surface area contributed by atoms with Crippen LogP contribution in [0.15, 0.2) is 28.7 Å². The quantitative estimate of drug-likeness (QED) is 0.859. The van der Waals surface area contributed by atoms with Gasteiger partial charge in [-0.2, -0.15) is 0 Å². The van der Waals surface area contributed by atoms with Crippen LogP contribution in [0.3, 0.4) is 0 Å². The molecule has 0 bridgehead atoms. The van der Waals surface area contributed by atoms with Crippen molar-refractivity contribution in [1.82, 2.24) is 10.2 Å². The van der Waals surface area contributed by atoms with E-state index in [-0.39, 0.29) is 0 Å². The molecule has 2 rings (SSSR count). The molecule has 1 N–H and O–H groups in total. The maximum absolute atomic E-state index is 3.63. The summed E-state index contributed by atoms with van der Waals surface area (Å²) in [6.07, 6.45) is 2.74. The fourth-order valence-corrected chi connectivity index (χ4v) is 3.28. The van der Waals surface area contributed by atoms with Gasteiger partial charge >= 0.3 is 0 Å². The molecule has 1 heterocycles. The van der Waals surface area contributed by atoms with E-state index in [9.17, 15) is 0 Å². The lowest BCUT2D eigenvalue weighted by Gasteiger charge is -2.31. The summed E-state index contributed by atoms with van der Waals surface area (Å²) in [7, 11) is 0. The Hall–Kier alpha value is -0.380. The molecule has 0 spiro atoms. The van der Waals surface area contributed by atoms with Crippen LogP contribution < -0.4 is 5.32 Å². The number of nitrogens with zero attached hydrogens (tertiary/aromatic N) is 1. The van der Waals surface area contributed by atoms with E-state index in [1.807, 2.05) is 0 Å². The Morgan fingerprint density at radius 1 is 1.21 bits per heavy atom. The second-order valence-electron chi connectivity index (χ2n) is 5.78. The lowest BCUT2D eigenvalue weighted by atomic mass is 10.0. The molecule has 0 radical (unpaired) electrons. The highest BCUT2D eigenvalue weighted by atomic mass is 79.9. The number of halogens is 1. The molecule has 1 aliphatic rings. The number of hydrogen-bond donors (Lipinski definition) is 1. The Balaban J connectivity index is 1.84. The van der Waals surface area contributed by atoms with E-state index in [1.54, 1.807) is 0 Å². The SMILES string of the molecule is CC(C)C(CNCc1ccccc1Br)N1CCCC1. The molecule has 1 aliphatic heterocycles. The van der Waals surface area contributed by atoms with Crippen molar-refractivity contribution in [2.24, 2.45) is 5.92 Å². The minimum Gasteiger partial charge on any atom is -0.311 e. The van der Waals surface area contributed by atoms with E-state index >= 15 is 0 Å². The van der Waals surface area contributed by atoms with Gasteiger partial charge in [0.05, 0.1) is 0 Å². The Morgan fingerprint density at radius 2 is 1.89 bits per heavy atom. The van der Waals surface area contributed by atoms with Crippen LogP contribution in [0.25, 0.3) is 0 Å². The van der Waals surface area contributed by atoms with Crippen LogP contribution in [-0.4, -0.2) is 30.6 Å². The van der Waals surface area contributed by atoms with Gasteiger partial charge in [0.2, 0.25) is 0 Å². The second kappa shape index (κ2) is 7.41. The average molecular weight is 325 g/mol. The van der Waals surface area contributed by atoms with Crippen LogP contribution in [0, 0.1) is 5.92 Å². The summed E-state index contributed by atoms with van der Waals surface area (Å²) in [5.74, 6) is 0.713. The molecular weight excluding hydrogens is 300 g/mol. The molecular formula is C16H25BrN2. The molecule has 1 aromatic carbocycles. The predicted octanol–water partition coefficient (Wildman–Crippen LogP) is 3.66. The van der Waals surface area contributed by atoms with E-state index in [2.05, 4.69) is 64.3 Å². The van der Waals surface area contributed by atoms with Gasteiger partial charge in [0.15, 0.2) is 0 Å². The summed E-state index contributed by atoms with van der Waals surface area (Å²) in [6, 6.07) is 9.12. The van der Waals surface area contributed by atoms with E-state index < -0.39 is 0 Å². The highest BCUT2D eigenvalue weighted by molar-refractivity contribution is 9.10. The number of hydrogen-bond acceptors (Lipinski definition) is 2. The average Bonchev–Trinajstić information content (AvgIpc) is 2.89. The summed E-state index contributed by atoms with van der Waals surface area (Å²) >= 11 is 3.61. The zero-order chi connectivity index (χ0) is 13.7. The third-order valence-electron chi connectivity index (χ3n) is 4.01. The topological polar surface area (TPSA) is 15.3 Å². The summed E-state index contributed by atoms with van der Waals surface area (Å²) < 4.78 is 1.20. The molecule has 0 amide bonds. The molecule has 2 nitrogen and oxygen atoms in total. The first-order valence-electron chi connectivity index (χ1n) is 7.36. The Kier molecular flexibility index (Phi) is 5.86. The van der Waals surface area contributed by atoms with Crippen molar-refractivity contribution in [3.63, 3.8) is 0 Å². The van der Waals surface area contributed by atoms with Crippen molar-refractivity contribution in [1.29, 1.82) is 0 Å². The minimum atomic E-state index is 0.671. The van der Waals surface area contributed by atoms with E-state index in [4.69, 9.17) is 0 Å². The highest BCUT2D eigenvalue weighted by Crippen LogP contribution is 2.18. The summed E-state index contributed by atoms with van der Waals surface area (Å²) in [6.45, 7) is 9.25. The molecule has 0 aliphatic carbocycles. The first-order valence-corrected chi connectivity index (χ1v) is 8.16. The Labute approximate surface area is 125 Å². The van der Waals surface area contributed by atoms with Crippen LogP contribution in [0.5, 0.6) is 0 Å². The normalized spacial score (nSPS) is 18.1. The van der Waals surface area contributed by atoms with Crippen molar-refractivity contribution < 1.29 is 0 Å². The lowest BCUT2D eigenvalue weighted by Crippen LogP contribution is -2.44. The van der Waals surface area contributed by atoms with Gasteiger partial charge < -0.3 is 5.32 Å². The Bertz CT molecular complexity index is 386. The number of benzene rings is 1. The van der Waals surface area contributed by atoms with Crippen LogP contribution in [-0.2, 0) is 6.54 Å². The molecule has 3 heteroatoms. The fourth-order valence-electron chi connectivity index (χ4n) is 2.86. The molecule has 19 heavy (non-hydrogen) atoms. The molecule has 0 aromatic heterocycles. The highest BCUT2D eigenvalue weighted by Gasteiger charge is 2.23. The molecule has 1 atom stereocenters. The molecule has 106 valence electrons. The standard InChI is InChI=1S/C16H25BrN2/c1-13(2)16(19-9-5-6-10-19)12-18-11-14-7-3-4-8-15(14)17/h3-4,7-8,13,16,18H,5-6,9-12H2,1-2H3. The number of likely N-dealkylation sites (tertiary alicyclic amines) is 1. The lowest BCUT2D eigenvalue weighted by molar-refractivity contribution is 0.186. The monoisotopic (exact) mass is 324 g/mol. The van der Waals surface area contributed by atoms with E-state index in [0.29, 0.717) is 12.0 Å². The van der Waals surface area contributed by atoms with Crippen LogP contribution in [0.1, 0.15) is 32.3 Å².